The topological polar surface area (TPSA) is 12.0 Å². The molecular weight excluding hydrogens is 154 g/mol. The summed E-state index contributed by atoms with van der Waals surface area (Å²) in [6, 6.07) is 8.54. The molecule has 0 aliphatic rings. The van der Waals surface area contributed by atoms with E-state index in [1.807, 2.05) is 7.05 Å². The predicted octanol–water partition coefficient (Wildman–Crippen LogP) is 2.94. The molecule has 56 valence electrons. The summed E-state index contributed by atoms with van der Waals surface area (Å²) in [5.74, 6) is 0. The first-order valence-corrected chi connectivity index (χ1v) is 4.43. The van der Waals surface area contributed by atoms with Crippen LogP contribution in [0.25, 0.3) is 10.1 Å². The summed E-state index contributed by atoms with van der Waals surface area (Å²) < 4.78 is 1.35. The Hall–Kier alpha value is -1.02. The number of hydrogen-bond donors (Lipinski definition) is 1. The summed E-state index contributed by atoms with van der Waals surface area (Å²) in [6.45, 7) is 0. The Kier molecular flexibility index (Phi) is 1.55. The van der Waals surface area contributed by atoms with E-state index in [-0.39, 0.29) is 0 Å². The Bertz CT molecular complexity index is 364. The smallest absolute Gasteiger partial charge is 0.0344 e. The van der Waals surface area contributed by atoms with E-state index in [4.69, 9.17) is 0 Å². The molecule has 0 fully saturated rings. The molecule has 1 N–H and O–H groups in total. The minimum absolute atomic E-state index is 1.18. The van der Waals surface area contributed by atoms with Crippen LogP contribution in [0.5, 0.6) is 0 Å². The Morgan fingerprint density at radius 2 is 2.18 bits per heavy atom. The maximum Gasteiger partial charge on any atom is 0.0344 e. The zero-order valence-electron chi connectivity index (χ0n) is 6.29. The lowest BCUT2D eigenvalue weighted by atomic mass is 10.2. The summed E-state index contributed by atoms with van der Waals surface area (Å²) in [5, 5.41) is 6.55. The van der Waals surface area contributed by atoms with Crippen molar-refractivity contribution in [3.63, 3.8) is 0 Å². The third kappa shape index (κ3) is 1.10. The molecule has 0 amide bonds. The van der Waals surface area contributed by atoms with E-state index in [1.54, 1.807) is 11.3 Å². The van der Waals surface area contributed by atoms with Crippen molar-refractivity contribution in [1.29, 1.82) is 0 Å². The predicted molar refractivity (Wildman–Crippen MR) is 51.4 cm³/mol. The summed E-state index contributed by atoms with van der Waals surface area (Å²) in [5.41, 5.74) is 1.18. The van der Waals surface area contributed by atoms with Crippen LogP contribution in [0.4, 0.5) is 5.69 Å². The molecule has 0 spiro atoms. The highest BCUT2D eigenvalue weighted by atomic mass is 32.1. The van der Waals surface area contributed by atoms with Gasteiger partial charge in [-0.25, -0.2) is 0 Å². The molecule has 2 rings (SSSR count). The fraction of sp³-hybridized carbons (Fsp3) is 0.111. The van der Waals surface area contributed by atoms with Gasteiger partial charge in [0, 0.05) is 17.4 Å². The summed E-state index contributed by atoms with van der Waals surface area (Å²) in [4.78, 5) is 0. The van der Waals surface area contributed by atoms with E-state index in [9.17, 15) is 0 Å². The van der Waals surface area contributed by atoms with Gasteiger partial charge in [0.05, 0.1) is 0 Å². The van der Waals surface area contributed by atoms with Gasteiger partial charge in [-0.05, 0) is 35.0 Å². The Balaban J connectivity index is 2.67. The van der Waals surface area contributed by atoms with Gasteiger partial charge in [-0.2, -0.15) is 0 Å². The number of anilines is 1. The Morgan fingerprint density at radius 1 is 1.27 bits per heavy atom. The summed E-state index contributed by atoms with van der Waals surface area (Å²) in [6.07, 6.45) is 0. The molecule has 0 atom stereocenters. The van der Waals surface area contributed by atoms with Crippen LogP contribution >= 0.6 is 11.3 Å². The zero-order chi connectivity index (χ0) is 7.68. The molecule has 2 heteroatoms. The first kappa shape index (κ1) is 6.68. The molecule has 0 bridgehead atoms. The number of rotatable bonds is 1. The molecule has 1 aromatic heterocycles. The van der Waals surface area contributed by atoms with Crippen molar-refractivity contribution >= 4 is 27.1 Å². The van der Waals surface area contributed by atoms with Crippen molar-refractivity contribution in [3.8, 4) is 0 Å². The monoisotopic (exact) mass is 163 g/mol. The van der Waals surface area contributed by atoms with Crippen LogP contribution < -0.4 is 5.32 Å². The highest BCUT2D eigenvalue weighted by Gasteiger charge is 1.93. The average Bonchev–Trinajstić information content (AvgIpc) is 2.50. The summed E-state index contributed by atoms with van der Waals surface area (Å²) >= 11 is 1.78. The molecule has 0 radical (unpaired) electrons. The Morgan fingerprint density at radius 3 is 3.00 bits per heavy atom. The highest BCUT2D eigenvalue weighted by Crippen LogP contribution is 2.23. The second-order valence-corrected chi connectivity index (χ2v) is 3.37. The van der Waals surface area contributed by atoms with Crippen LogP contribution in [-0.2, 0) is 0 Å². The number of fused-ring (bicyclic) bond motifs is 1. The van der Waals surface area contributed by atoms with E-state index in [0.717, 1.165) is 0 Å². The van der Waals surface area contributed by atoms with Crippen LogP contribution in [0.3, 0.4) is 0 Å². The van der Waals surface area contributed by atoms with Crippen molar-refractivity contribution in [2.75, 3.05) is 12.4 Å². The molecule has 0 unspecified atom stereocenters. The molecule has 0 aliphatic carbocycles. The minimum atomic E-state index is 1.18. The van der Waals surface area contributed by atoms with Gasteiger partial charge < -0.3 is 5.32 Å². The second-order valence-electron chi connectivity index (χ2n) is 2.42. The van der Waals surface area contributed by atoms with Gasteiger partial charge in [0.1, 0.15) is 0 Å². The van der Waals surface area contributed by atoms with Gasteiger partial charge in [-0.15, -0.1) is 11.3 Å². The standard InChI is InChI=1S/C9H9NS/c1-10-8-2-3-9-7(6-8)4-5-11-9/h2-6,10H,1H3. The van der Waals surface area contributed by atoms with Crippen LogP contribution in [0.1, 0.15) is 0 Å². The van der Waals surface area contributed by atoms with Gasteiger partial charge in [0.2, 0.25) is 0 Å². The van der Waals surface area contributed by atoms with Crippen molar-refractivity contribution in [2.24, 2.45) is 0 Å². The number of hydrogen-bond acceptors (Lipinski definition) is 2. The largest absolute Gasteiger partial charge is 0.388 e. The molecule has 0 saturated carbocycles. The number of thiophene rings is 1. The first-order valence-electron chi connectivity index (χ1n) is 3.55. The van der Waals surface area contributed by atoms with E-state index in [0.29, 0.717) is 0 Å². The van der Waals surface area contributed by atoms with Gasteiger partial charge in [0.15, 0.2) is 0 Å². The lowest BCUT2D eigenvalue weighted by molar-refractivity contribution is 1.54. The van der Waals surface area contributed by atoms with Crippen LogP contribution in [0.2, 0.25) is 0 Å². The molecule has 0 saturated heterocycles. The van der Waals surface area contributed by atoms with Gasteiger partial charge in [-0.1, -0.05) is 0 Å². The molecule has 1 aromatic carbocycles. The zero-order valence-corrected chi connectivity index (χ0v) is 7.11. The van der Waals surface area contributed by atoms with Gasteiger partial charge in [-0.3, -0.25) is 0 Å². The Labute approximate surface area is 69.7 Å². The number of benzene rings is 1. The third-order valence-electron chi connectivity index (χ3n) is 1.74. The van der Waals surface area contributed by atoms with E-state index >= 15 is 0 Å². The lowest BCUT2D eigenvalue weighted by Crippen LogP contribution is -1.85. The molecular formula is C9H9NS. The normalized spacial score (nSPS) is 10.3. The number of nitrogens with one attached hydrogen (secondary N) is 1. The fourth-order valence-electron chi connectivity index (χ4n) is 1.12. The molecule has 1 heterocycles. The molecule has 2 aromatic rings. The maximum absolute atomic E-state index is 3.11. The maximum atomic E-state index is 3.11. The van der Waals surface area contributed by atoms with E-state index < -0.39 is 0 Å². The highest BCUT2D eigenvalue weighted by molar-refractivity contribution is 7.17. The molecule has 1 nitrogen and oxygen atoms in total. The van der Waals surface area contributed by atoms with Crippen LogP contribution in [0.15, 0.2) is 29.6 Å². The van der Waals surface area contributed by atoms with Crippen molar-refractivity contribution in [3.05, 3.63) is 29.6 Å². The van der Waals surface area contributed by atoms with E-state index in [2.05, 4.69) is 35.0 Å². The summed E-state index contributed by atoms with van der Waals surface area (Å²) in [7, 11) is 1.94. The molecule has 0 aliphatic heterocycles. The first-order chi connectivity index (χ1) is 5.40. The van der Waals surface area contributed by atoms with E-state index in [1.165, 1.54) is 15.8 Å². The second kappa shape index (κ2) is 2.55. The average molecular weight is 163 g/mol. The molecule has 11 heavy (non-hydrogen) atoms. The lowest BCUT2D eigenvalue weighted by Gasteiger charge is -1.97. The van der Waals surface area contributed by atoms with Crippen LogP contribution in [0, 0.1) is 0 Å². The van der Waals surface area contributed by atoms with Gasteiger partial charge >= 0.3 is 0 Å². The van der Waals surface area contributed by atoms with Crippen molar-refractivity contribution < 1.29 is 0 Å². The van der Waals surface area contributed by atoms with Crippen molar-refractivity contribution in [1.82, 2.24) is 0 Å². The quantitative estimate of drug-likeness (QED) is 0.681. The van der Waals surface area contributed by atoms with Gasteiger partial charge in [0.25, 0.3) is 0 Å². The van der Waals surface area contributed by atoms with Crippen molar-refractivity contribution in [2.45, 2.75) is 0 Å². The third-order valence-corrected chi connectivity index (χ3v) is 2.64. The van der Waals surface area contributed by atoms with Crippen LogP contribution in [-0.4, -0.2) is 7.05 Å². The SMILES string of the molecule is CNc1ccc2sccc2c1. The fourth-order valence-corrected chi connectivity index (χ4v) is 1.89. The minimum Gasteiger partial charge on any atom is -0.388 e.